The van der Waals surface area contributed by atoms with Crippen molar-refractivity contribution in [3.05, 3.63) is 33.8 Å². The summed E-state index contributed by atoms with van der Waals surface area (Å²) in [5.74, 6) is 1.42. The smallest absolute Gasteiger partial charge is 0.0212 e. The third-order valence-corrected chi connectivity index (χ3v) is 4.06. The number of rotatable bonds is 3. The van der Waals surface area contributed by atoms with Crippen molar-refractivity contribution in [2.45, 2.75) is 32.6 Å². The molecule has 1 aliphatic heterocycles. The highest BCUT2D eigenvalue weighted by atomic mass is 79.9. The zero-order valence-electron chi connectivity index (χ0n) is 10.1. The molecule has 1 heterocycles. The van der Waals surface area contributed by atoms with Crippen LogP contribution >= 0.6 is 15.9 Å². The lowest BCUT2D eigenvalue weighted by Gasteiger charge is -2.12. The van der Waals surface area contributed by atoms with Crippen LogP contribution in [0.2, 0.25) is 0 Å². The Kier molecular flexibility index (Phi) is 4.04. The average Bonchev–Trinajstić information content (AvgIpc) is 2.70. The molecule has 1 aromatic carbocycles. The Labute approximate surface area is 107 Å². The lowest BCUT2D eigenvalue weighted by atomic mass is 9.96. The van der Waals surface area contributed by atoms with Gasteiger partial charge in [0.2, 0.25) is 0 Å². The molecule has 0 radical (unpaired) electrons. The predicted molar refractivity (Wildman–Crippen MR) is 72.9 cm³/mol. The maximum Gasteiger partial charge on any atom is 0.0212 e. The molecular formula is C14H20BrN. The molecule has 1 unspecified atom stereocenters. The molecule has 1 saturated heterocycles. The summed E-state index contributed by atoms with van der Waals surface area (Å²) in [5.41, 5.74) is 2.87. The highest BCUT2D eigenvalue weighted by Gasteiger charge is 2.15. The van der Waals surface area contributed by atoms with Crippen LogP contribution in [0.4, 0.5) is 0 Å². The van der Waals surface area contributed by atoms with E-state index >= 15 is 0 Å². The Balaban J connectivity index is 2.08. The van der Waals surface area contributed by atoms with Crippen LogP contribution in [0.1, 0.15) is 37.3 Å². The van der Waals surface area contributed by atoms with E-state index in [9.17, 15) is 0 Å². The Morgan fingerprint density at radius 2 is 2.25 bits per heavy atom. The van der Waals surface area contributed by atoms with E-state index in [1.807, 2.05) is 0 Å². The van der Waals surface area contributed by atoms with Crippen molar-refractivity contribution >= 4 is 15.9 Å². The lowest BCUT2D eigenvalue weighted by Crippen LogP contribution is -2.10. The van der Waals surface area contributed by atoms with Gasteiger partial charge in [0.05, 0.1) is 0 Å². The molecule has 0 amide bonds. The molecule has 0 aromatic heterocycles. The van der Waals surface area contributed by atoms with Gasteiger partial charge in [0.25, 0.3) is 0 Å². The molecule has 88 valence electrons. The molecule has 1 aliphatic rings. The Hall–Kier alpha value is -0.340. The second kappa shape index (κ2) is 5.33. The van der Waals surface area contributed by atoms with E-state index in [0.29, 0.717) is 5.92 Å². The monoisotopic (exact) mass is 281 g/mol. The van der Waals surface area contributed by atoms with Crippen LogP contribution in [0.5, 0.6) is 0 Å². The summed E-state index contributed by atoms with van der Waals surface area (Å²) >= 11 is 3.68. The minimum Gasteiger partial charge on any atom is -0.316 e. The number of benzene rings is 1. The van der Waals surface area contributed by atoms with E-state index in [1.54, 1.807) is 0 Å². The van der Waals surface area contributed by atoms with Crippen LogP contribution in [0.3, 0.4) is 0 Å². The van der Waals surface area contributed by atoms with E-state index in [-0.39, 0.29) is 0 Å². The van der Waals surface area contributed by atoms with Gasteiger partial charge in [-0.2, -0.15) is 0 Å². The topological polar surface area (TPSA) is 12.0 Å². The summed E-state index contributed by atoms with van der Waals surface area (Å²) in [4.78, 5) is 0. The highest BCUT2D eigenvalue weighted by molar-refractivity contribution is 9.10. The van der Waals surface area contributed by atoms with E-state index in [1.165, 1.54) is 41.5 Å². The van der Waals surface area contributed by atoms with Gasteiger partial charge in [-0.3, -0.25) is 0 Å². The van der Waals surface area contributed by atoms with E-state index in [2.05, 4.69) is 53.3 Å². The first-order valence-electron chi connectivity index (χ1n) is 6.16. The third kappa shape index (κ3) is 2.86. The van der Waals surface area contributed by atoms with Gasteiger partial charge in [0, 0.05) is 4.47 Å². The molecule has 1 nitrogen and oxygen atoms in total. The zero-order valence-corrected chi connectivity index (χ0v) is 11.7. The molecule has 1 atom stereocenters. The van der Waals surface area contributed by atoms with Gasteiger partial charge in [0.1, 0.15) is 0 Å². The molecule has 16 heavy (non-hydrogen) atoms. The van der Waals surface area contributed by atoms with Crippen LogP contribution in [0.25, 0.3) is 0 Å². The first kappa shape index (κ1) is 12.1. The first-order valence-corrected chi connectivity index (χ1v) is 6.95. The van der Waals surface area contributed by atoms with Crippen molar-refractivity contribution in [2.24, 2.45) is 5.92 Å². The molecule has 0 saturated carbocycles. The Morgan fingerprint density at radius 1 is 1.44 bits per heavy atom. The minimum absolute atomic E-state index is 0.594. The Morgan fingerprint density at radius 3 is 2.81 bits per heavy atom. The maximum absolute atomic E-state index is 3.68. The zero-order chi connectivity index (χ0) is 11.5. The number of nitrogens with one attached hydrogen (secondary N) is 1. The molecule has 2 rings (SSSR count). The number of halogens is 1. The summed E-state index contributed by atoms with van der Waals surface area (Å²) < 4.78 is 1.27. The van der Waals surface area contributed by atoms with Gasteiger partial charge in [-0.05, 0) is 55.0 Å². The largest absolute Gasteiger partial charge is 0.316 e. The van der Waals surface area contributed by atoms with Gasteiger partial charge in [-0.15, -0.1) is 0 Å². The third-order valence-electron chi connectivity index (χ3n) is 3.37. The fraction of sp³-hybridized carbons (Fsp3) is 0.571. The average molecular weight is 282 g/mol. The summed E-state index contributed by atoms with van der Waals surface area (Å²) in [6.07, 6.45) is 2.54. The van der Waals surface area contributed by atoms with Gasteiger partial charge in [0.15, 0.2) is 0 Å². The summed E-state index contributed by atoms with van der Waals surface area (Å²) in [6.45, 7) is 6.85. The van der Waals surface area contributed by atoms with Crippen molar-refractivity contribution in [1.29, 1.82) is 0 Å². The molecule has 1 N–H and O–H groups in total. The second-order valence-corrected chi connectivity index (χ2v) is 5.93. The van der Waals surface area contributed by atoms with Gasteiger partial charge >= 0.3 is 0 Å². The summed E-state index contributed by atoms with van der Waals surface area (Å²) in [7, 11) is 0. The van der Waals surface area contributed by atoms with Crippen molar-refractivity contribution in [3.63, 3.8) is 0 Å². The molecule has 1 aromatic rings. The Bertz CT molecular complexity index is 354. The van der Waals surface area contributed by atoms with Gasteiger partial charge < -0.3 is 5.32 Å². The standard InChI is InChI=1S/C14H20BrN/c1-10(2)13-4-3-11(8-14(13)15)7-12-5-6-16-9-12/h3-4,8,10,12,16H,5-7,9H2,1-2H3. The van der Waals surface area contributed by atoms with E-state index in [4.69, 9.17) is 0 Å². The first-order chi connectivity index (χ1) is 7.66. The number of hydrogen-bond donors (Lipinski definition) is 1. The van der Waals surface area contributed by atoms with Crippen LogP contribution in [-0.2, 0) is 6.42 Å². The lowest BCUT2D eigenvalue weighted by molar-refractivity contribution is 0.580. The molecule has 2 heteroatoms. The van der Waals surface area contributed by atoms with E-state index in [0.717, 1.165) is 5.92 Å². The number of hydrogen-bond acceptors (Lipinski definition) is 1. The molecular weight excluding hydrogens is 262 g/mol. The van der Waals surface area contributed by atoms with Crippen molar-refractivity contribution in [3.8, 4) is 0 Å². The van der Waals surface area contributed by atoms with Gasteiger partial charge in [-0.1, -0.05) is 41.9 Å². The molecule has 0 spiro atoms. The van der Waals surface area contributed by atoms with Crippen LogP contribution in [-0.4, -0.2) is 13.1 Å². The normalized spacial score (nSPS) is 20.6. The van der Waals surface area contributed by atoms with Crippen LogP contribution < -0.4 is 5.32 Å². The predicted octanol–water partition coefficient (Wildman–Crippen LogP) is 3.72. The second-order valence-electron chi connectivity index (χ2n) is 5.07. The SMILES string of the molecule is CC(C)c1ccc(CC2CCNC2)cc1Br. The van der Waals surface area contributed by atoms with E-state index < -0.39 is 0 Å². The summed E-state index contributed by atoms with van der Waals surface area (Å²) in [6, 6.07) is 6.86. The molecule has 1 fully saturated rings. The molecule has 0 bridgehead atoms. The maximum atomic E-state index is 3.68. The fourth-order valence-corrected chi connectivity index (χ4v) is 3.27. The minimum atomic E-state index is 0.594. The molecule has 0 aliphatic carbocycles. The highest BCUT2D eigenvalue weighted by Crippen LogP contribution is 2.27. The van der Waals surface area contributed by atoms with Gasteiger partial charge in [-0.25, -0.2) is 0 Å². The van der Waals surface area contributed by atoms with Crippen molar-refractivity contribution in [2.75, 3.05) is 13.1 Å². The van der Waals surface area contributed by atoms with Crippen molar-refractivity contribution < 1.29 is 0 Å². The van der Waals surface area contributed by atoms with Crippen LogP contribution in [0.15, 0.2) is 22.7 Å². The fourth-order valence-electron chi connectivity index (χ4n) is 2.39. The summed E-state index contributed by atoms with van der Waals surface area (Å²) in [5, 5.41) is 3.43. The van der Waals surface area contributed by atoms with Crippen LogP contribution in [0, 0.1) is 5.92 Å². The van der Waals surface area contributed by atoms with Crippen molar-refractivity contribution in [1.82, 2.24) is 5.32 Å². The quantitative estimate of drug-likeness (QED) is 0.891.